The van der Waals surface area contributed by atoms with Crippen molar-refractivity contribution >= 4 is 17.8 Å². The van der Waals surface area contributed by atoms with Gasteiger partial charge in [0.05, 0.1) is 32.2 Å². The Hall–Kier alpha value is -4.76. The highest BCUT2D eigenvalue weighted by atomic mass is 16.5. The number of carbonyl (C=O) groups excluding carboxylic acids is 2. The molecule has 0 saturated heterocycles. The van der Waals surface area contributed by atoms with Gasteiger partial charge in [0.1, 0.15) is 11.6 Å². The van der Waals surface area contributed by atoms with Crippen molar-refractivity contribution in [2.75, 3.05) is 27.2 Å². The molecule has 206 valence electrons. The first-order chi connectivity index (χ1) is 19.3. The Morgan fingerprint density at radius 3 is 1.85 bits per heavy atom. The summed E-state index contributed by atoms with van der Waals surface area (Å²) in [5.41, 5.74) is 2.88. The number of carboxylic acid groups (broad SMARTS) is 1. The molecule has 4 aromatic rings. The Bertz CT molecular complexity index is 1330. The summed E-state index contributed by atoms with van der Waals surface area (Å²) in [4.78, 5) is 42.1. The minimum Gasteiger partial charge on any atom is -0.480 e. The van der Waals surface area contributed by atoms with Crippen LogP contribution >= 0.6 is 0 Å². The van der Waals surface area contributed by atoms with Crippen LogP contribution in [0.4, 0.5) is 0 Å². The second-order valence-corrected chi connectivity index (χ2v) is 9.49. The molecule has 0 saturated carbocycles. The third-order valence-corrected chi connectivity index (χ3v) is 6.65. The maximum absolute atomic E-state index is 12.6. The Balaban J connectivity index is 1.72. The number of esters is 1. The Morgan fingerprint density at radius 1 is 0.900 bits per heavy atom. The van der Waals surface area contributed by atoms with Crippen molar-refractivity contribution in [2.24, 2.45) is 0 Å². The number of hydrogen-bond donors (Lipinski definition) is 2. The lowest BCUT2D eigenvalue weighted by Crippen LogP contribution is -2.47. The fourth-order valence-electron chi connectivity index (χ4n) is 4.95. The average molecular weight is 541 g/mol. The van der Waals surface area contributed by atoms with Crippen LogP contribution in [0, 0.1) is 0 Å². The molecular formula is C31H32N4O5. The van der Waals surface area contributed by atoms with Gasteiger partial charge in [-0.3, -0.25) is 14.5 Å². The van der Waals surface area contributed by atoms with Gasteiger partial charge in [-0.2, -0.15) is 0 Å². The quantitative estimate of drug-likeness (QED) is 0.210. The van der Waals surface area contributed by atoms with Crippen molar-refractivity contribution in [3.8, 4) is 0 Å². The zero-order valence-corrected chi connectivity index (χ0v) is 22.4. The smallest absolute Gasteiger partial charge is 0.328 e. The lowest BCUT2D eigenvalue weighted by Gasteiger charge is -2.37. The molecule has 0 aliphatic heterocycles. The van der Waals surface area contributed by atoms with Crippen LogP contribution in [-0.4, -0.2) is 70.7 Å². The molecule has 0 spiro atoms. The van der Waals surface area contributed by atoms with Crippen LogP contribution in [-0.2, 0) is 31.1 Å². The predicted molar refractivity (Wildman–Crippen MR) is 150 cm³/mol. The minimum absolute atomic E-state index is 0.0858. The van der Waals surface area contributed by atoms with Gasteiger partial charge in [0.15, 0.2) is 0 Å². The number of nitrogens with one attached hydrogen (secondary N) is 1. The van der Waals surface area contributed by atoms with E-state index in [4.69, 9.17) is 9.84 Å². The highest BCUT2D eigenvalue weighted by Crippen LogP contribution is 2.40. The Labute approximate surface area is 233 Å². The van der Waals surface area contributed by atoms with Crippen molar-refractivity contribution < 1.29 is 24.2 Å². The first kappa shape index (κ1) is 28.3. The Morgan fingerprint density at radius 2 is 1.40 bits per heavy atom. The molecule has 40 heavy (non-hydrogen) atoms. The number of carboxylic acids is 1. The van der Waals surface area contributed by atoms with Gasteiger partial charge in [-0.25, -0.2) is 9.78 Å². The zero-order chi connectivity index (χ0) is 28.5. The van der Waals surface area contributed by atoms with Gasteiger partial charge < -0.3 is 19.7 Å². The highest BCUT2D eigenvalue weighted by Gasteiger charge is 2.38. The van der Waals surface area contributed by atoms with E-state index in [0.29, 0.717) is 5.69 Å². The summed E-state index contributed by atoms with van der Waals surface area (Å²) in [5, 5.41) is 11.6. The standard InChI is InChI=1S/C31H32N4O5/c1-34(21-29(37)38)20-28(36)33-27(30(39)40-2)18-26-19-35(22-32-26)31(23-12-6-3-7-13-23,24-14-8-4-9-15-24)25-16-10-5-11-17-25/h3-17,19,22,27H,18,20-21H2,1-2H3,(H,33,36)(H,37,38)/t27-/m0/s1. The van der Waals surface area contributed by atoms with Gasteiger partial charge in [-0.15, -0.1) is 0 Å². The molecule has 4 rings (SSSR count). The number of amides is 1. The number of nitrogens with zero attached hydrogens (tertiary/aromatic N) is 3. The molecule has 2 N–H and O–H groups in total. The van der Waals surface area contributed by atoms with E-state index >= 15 is 0 Å². The van der Waals surface area contributed by atoms with Crippen LogP contribution in [0.25, 0.3) is 0 Å². The molecule has 0 aliphatic carbocycles. The third kappa shape index (κ3) is 6.27. The van der Waals surface area contributed by atoms with E-state index in [-0.39, 0.29) is 19.5 Å². The molecule has 9 nitrogen and oxygen atoms in total. The van der Waals surface area contributed by atoms with E-state index in [2.05, 4.69) is 46.7 Å². The largest absolute Gasteiger partial charge is 0.480 e. The number of aliphatic carboxylic acids is 1. The number of rotatable bonds is 12. The maximum Gasteiger partial charge on any atom is 0.328 e. The van der Waals surface area contributed by atoms with Gasteiger partial charge >= 0.3 is 11.9 Å². The number of imidazole rings is 1. The molecular weight excluding hydrogens is 508 g/mol. The number of carbonyl (C=O) groups is 3. The number of likely N-dealkylation sites (N-methyl/N-ethyl adjacent to an activating group) is 1. The predicted octanol–water partition coefficient (Wildman–Crippen LogP) is 2.94. The zero-order valence-electron chi connectivity index (χ0n) is 22.4. The van der Waals surface area contributed by atoms with E-state index in [1.165, 1.54) is 19.1 Å². The number of methoxy groups -OCH3 is 1. The molecule has 3 aromatic carbocycles. The maximum atomic E-state index is 12.6. The number of aromatic nitrogens is 2. The molecule has 1 atom stereocenters. The number of hydrogen-bond acceptors (Lipinski definition) is 6. The van der Waals surface area contributed by atoms with E-state index in [1.807, 2.05) is 65.4 Å². The van der Waals surface area contributed by atoms with E-state index in [0.717, 1.165) is 16.7 Å². The monoisotopic (exact) mass is 540 g/mol. The summed E-state index contributed by atoms with van der Waals surface area (Å²) < 4.78 is 6.97. The molecule has 9 heteroatoms. The first-order valence-corrected chi connectivity index (χ1v) is 12.8. The average Bonchev–Trinajstić information content (AvgIpc) is 3.42. The van der Waals surface area contributed by atoms with Crippen molar-refractivity contribution in [3.05, 3.63) is 126 Å². The molecule has 0 radical (unpaired) electrons. The Kier molecular flexibility index (Phi) is 9.08. The third-order valence-electron chi connectivity index (χ3n) is 6.65. The first-order valence-electron chi connectivity index (χ1n) is 12.8. The molecule has 1 amide bonds. The van der Waals surface area contributed by atoms with Crippen molar-refractivity contribution in [1.29, 1.82) is 0 Å². The minimum atomic E-state index is -1.05. The molecule has 1 aromatic heterocycles. The van der Waals surface area contributed by atoms with Gasteiger partial charge in [0.25, 0.3) is 0 Å². The van der Waals surface area contributed by atoms with E-state index in [1.54, 1.807) is 6.33 Å². The summed E-state index contributed by atoms with van der Waals surface area (Å²) in [6, 6.07) is 29.4. The summed E-state index contributed by atoms with van der Waals surface area (Å²) in [6.07, 6.45) is 3.70. The molecule has 0 aliphatic rings. The second kappa shape index (κ2) is 12.9. The van der Waals surface area contributed by atoms with Crippen molar-refractivity contribution in [1.82, 2.24) is 19.8 Å². The van der Waals surface area contributed by atoms with Crippen molar-refractivity contribution in [3.63, 3.8) is 0 Å². The van der Waals surface area contributed by atoms with Crippen LogP contribution in [0.5, 0.6) is 0 Å². The molecule has 0 fully saturated rings. The summed E-state index contributed by atoms with van der Waals surface area (Å²) >= 11 is 0. The summed E-state index contributed by atoms with van der Waals surface area (Å²) in [5.74, 6) is -2.17. The van der Waals surface area contributed by atoms with Gasteiger partial charge in [-0.05, 0) is 23.7 Å². The lowest BCUT2D eigenvalue weighted by molar-refractivity contribution is -0.145. The molecule has 1 heterocycles. The topological polar surface area (TPSA) is 114 Å². The van der Waals surface area contributed by atoms with E-state index in [9.17, 15) is 14.4 Å². The summed E-state index contributed by atoms with van der Waals surface area (Å²) in [6.45, 7) is -0.491. The highest BCUT2D eigenvalue weighted by molar-refractivity contribution is 5.86. The second-order valence-electron chi connectivity index (χ2n) is 9.49. The van der Waals surface area contributed by atoms with Gasteiger partial charge in [0.2, 0.25) is 5.91 Å². The van der Waals surface area contributed by atoms with Crippen LogP contribution < -0.4 is 5.32 Å². The van der Waals surface area contributed by atoms with Crippen molar-refractivity contribution in [2.45, 2.75) is 18.0 Å². The normalized spacial score (nSPS) is 12.1. The van der Waals surface area contributed by atoms with E-state index < -0.39 is 29.4 Å². The van der Waals surface area contributed by atoms with Gasteiger partial charge in [-0.1, -0.05) is 91.0 Å². The van der Waals surface area contributed by atoms with Crippen LogP contribution in [0.2, 0.25) is 0 Å². The summed E-state index contributed by atoms with van der Waals surface area (Å²) in [7, 11) is 2.76. The van der Waals surface area contributed by atoms with Crippen LogP contribution in [0.3, 0.4) is 0 Å². The fourth-order valence-corrected chi connectivity index (χ4v) is 4.95. The number of ether oxygens (including phenoxy) is 1. The lowest BCUT2D eigenvalue weighted by atomic mass is 9.77. The SMILES string of the molecule is COC(=O)[C@H](Cc1cn(C(c2ccccc2)(c2ccccc2)c2ccccc2)cn1)NC(=O)CN(C)CC(=O)O. The molecule has 0 bridgehead atoms. The van der Waals surface area contributed by atoms with Crippen LogP contribution in [0.15, 0.2) is 104 Å². The van der Waals surface area contributed by atoms with Gasteiger partial charge in [0, 0.05) is 12.6 Å². The molecule has 0 unspecified atom stereocenters. The fraction of sp³-hybridized carbons (Fsp3) is 0.226. The van der Waals surface area contributed by atoms with Crippen LogP contribution in [0.1, 0.15) is 22.4 Å². The number of benzene rings is 3.